The van der Waals surface area contributed by atoms with Crippen LogP contribution in [0.5, 0.6) is 0 Å². The first-order chi connectivity index (χ1) is 7.24. The van der Waals surface area contributed by atoms with Crippen molar-refractivity contribution in [3.05, 3.63) is 29.6 Å². The number of rotatable bonds is 3. The van der Waals surface area contributed by atoms with Crippen LogP contribution in [0.25, 0.3) is 0 Å². The third-order valence-electron chi connectivity index (χ3n) is 2.96. The molecule has 1 heteroatoms. The second kappa shape index (κ2) is 4.57. The molecule has 0 saturated heterocycles. The van der Waals surface area contributed by atoms with Crippen LogP contribution < -0.4 is 0 Å². The Kier molecular flexibility index (Phi) is 3.77. The van der Waals surface area contributed by atoms with Crippen molar-refractivity contribution in [2.45, 2.75) is 59.8 Å². The normalized spacial score (nSPS) is 12.9. The van der Waals surface area contributed by atoms with Gasteiger partial charge in [0.1, 0.15) is 0 Å². The number of aromatic nitrogens is 1. The second-order valence-corrected chi connectivity index (χ2v) is 6.56. The molecule has 1 rings (SSSR count). The van der Waals surface area contributed by atoms with Gasteiger partial charge in [-0.25, -0.2) is 0 Å². The van der Waals surface area contributed by atoms with Crippen LogP contribution in [-0.2, 0) is 11.8 Å². The summed E-state index contributed by atoms with van der Waals surface area (Å²) in [5.41, 5.74) is 3.25. The topological polar surface area (TPSA) is 12.9 Å². The van der Waals surface area contributed by atoms with E-state index in [0.717, 1.165) is 6.42 Å². The highest BCUT2D eigenvalue weighted by Gasteiger charge is 2.27. The van der Waals surface area contributed by atoms with Crippen molar-refractivity contribution in [3.8, 4) is 0 Å². The number of hydrogen-bond donors (Lipinski definition) is 0. The first-order valence-corrected chi connectivity index (χ1v) is 6.19. The van der Waals surface area contributed by atoms with Crippen molar-refractivity contribution in [2.24, 2.45) is 5.41 Å². The van der Waals surface area contributed by atoms with Crippen molar-refractivity contribution < 1.29 is 0 Å². The van der Waals surface area contributed by atoms with E-state index in [9.17, 15) is 0 Å². The summed E-state index contributed by atoms with van der Waals surface area (Å²) >= 11 is 0. The van der Waals surface area contributed by atoms with Crippen molar-refractivity contribution in [2.75, 3.05) is 0 Å². The second-order valence-electron chi connectivity index (χ2n) is 6.56. The highest BCUT2D eigenvalue weighted by Crippen LogP contribution is 2.36. The highest BCUT2D eigenvalue weighted by molar-refractivity contribution is 5.25. The Balaban J connectivity index is 2.97. The maximum atomic E-state index is 4.35. The molecule has 0 bridgehead atoms. The fourth-order valence-corrected chi connectivity index (χ4v) is 2.48. The molecule has 0 amide bonds. The van der Waals surface area contributed by atoms with E-state index in [1.54, 1.807) is 0 Å². The van der Waals surface area contributed by atoms with Crippen molar-refractivity contribution >= 4 is 0 Å². The number of hydrogen-bond acceptors (Lipinski definition) is 1. The predicted octanol–water partition coefficient (Wildman–Crippen LogP) is 4.36. The van der Waals surface area contributed by atoms with Gasteiger partial charge in [-0.1, -0.05) is 47.6 Å². The molecule has 90 valence electrons. The molecule has 0 aromatic carbocycles. The minimum absolute atomic E-state index is 0.205. The Morgan fingerprint density at radius 2 is 1.69 bits per heavy atom. The van der Waals surface area contributed by atoms with Gasteiger partial charge in [-0.05, 0) is 34.8 Å². The third kappa shape index (κ3) is 3.62. The molecule has 0 N–H and O–H groups in total. The summed E-state index contributed by atoms with van der Waals surface area (Å²) in [6.45, 7) is 13.7. The lowest BCUT2D eigenvalue weighted by molar-refractivity contribution is 0.283. The maximum Gasteiger partial charge on any atom is 0.0305 e. The summed E-state index contributed by atoms with van der Waals surface area (Å²) in [5.74, 6) is 0. The van der Waals surface area contributed by atoms with Crippen LogP contribution in [0.15, 0.2) is 18.5 Å². The Morgan fingerprint density at radius 1 is 1.06 bits per heavy atom. The van der Waals surface area contributed by atoms with Gasteiger partial charge in [0, 0.05) is 12.4 Å². The van der Waals surface area contributed by atoms with Gasteiger partial charge in [0.2, 0.25) is 0 Å². The average Bonchev–Trinajstić information content (AvgIpc) is 2.14. The average molecular weight is 219 g/mol. The number of pyridine rings is 1. The first kappa shape index (κ1) is 13.2. The van der Waals surface area contributed by atoms with Gasteiger partial charge in [0.15, 0.2) is 0 Å². The minimum Gasteiger partial charge on any atom is -0.264 e. The van der Waals surface area contributed by atoms with E-state index in [2.05, 4.69) is 52.6 Å². The molecule has 0 unspecified atom stereocenters. The van der Waals surface area contributed by atoms with Crippen molar-refractivity contribution in [1.82, 2.24) is 4.98 Å². The van der Waals surface area contributed by atoms with Gasteiger partial charge < -0.3 is 0 Å². The van der Waals surface area contributed by atoms with Gasteiger partial charge in [0.05, 0.1) is 0 Å². The van der Waals surface area contributed by atoms with Gasteiger partial charge >= 0.3 is 0 Å². The van der Waals surface area contributed by atoms with E-state index in [4.69, 9.17) is 0 Å². The summed E-state index contributed by atoms with van der Waals surface area (Å²) in [5, 5.41) is 0. The van der Waals surface area contributed by atoms with E-state index >= 15 is 0 Å². The zero-order chi connectivity index (χ0) is 12.4. The Morgan fingerprint density at radius 3 is 2.19 bits per heavy atom. The quantitative estimate of drug-likeness (QED) is 0.736. The maximum absolute atomic E-state index is 4.35. The van der Waals surface area contributed by atoms with E-state index in [0.29, 0.717) is 5.41 Å². The third-order valence-corrected chi connectivity index (χ3v) is 2.96. The molecule has 1 heterocycles. The molecule has 0 radical (unpaired) electrons. The Bertz CT molecular complexity index is 345. The van der Waals surface area contributed by atoms with E-state index < -0.39 is 0 Å². The predicted molar refractivity (Wildman–Crippen MR) is 70.7 cm³/mol. The summed E-state index contributed by atoms with van der Waals surface area (Å²) in [6, 6.07) is 2.30. The first-order valence-electron chi connectivity index (χ1n) is 6.19. The smallest absolute Gasteiger partial charge is 0.0305 e. The standard InChI is InChI=1S/C15H25N/c1-7-12-8-13(10-16-9-12)15(5,6)11-14(2,3)4/h8-10H,7,11H2,1-6H3. The zero-order valence-electron chi connectivity index (χ0n) is 11.6. The van der Waals surface area contributed by atoms with E-state index in [1.165, 1.54) is 17.5 Å². The summed E-state index contributed by atoms with van der Waals surface area (Å²) in [7, 11) is 0. The van der Waals surface area contributed by atoms with Crippen LogP contribution >= 0.6 is 0 Å². The fourth-order valence-electron chi connectivity index (χ4n) is 2.48. The molecule has 0 saturated carbocycles. The Labute approximate surface area is 100 Å². The number of aryl methyl sites for hydroxylation is 1. The summed E-state index contributed by atoms with van der Waals surface area (Å²) in [4.78, 5) is 4.35. The fraction of sp³-hybridized carbons (Fsp3) is 0.667. The van der Waals surface area contributed by atoms with Gasteiger partial charge in [0.25, 0.3) is 0 Å². The van der Waals surface area contributed by atoms with Crippen LogP contribution in [0.1, 0.15) is 59.1 Å². The molecule has 0 fully saturated rings. The lowest BCUT2D eigenvalue weighted by Crippen LogP contribution is -2.25. The van der Waals surface area contributed by atoms with Crippen molar-refractivity contribution in [1.29, 1.82) is 0 Å². The molecule has 0 aliphatic rings. The summed E-state index contributed by atoms with van der Waals surface area (Å²) < 4.78 is 0. The van der Waals surface area contributed by atoms with Crippen LogP contribution in [0, 0.1) is 5.41 Å². The SMILES string of the molecule is CCc1cncc(C(C)(C)CC(C)(C)C)c1. The Hall–Kier alpha value is -0.850. The molecule has 1 nitrogen and oxygen atoms in total. The number of nitrogens with zero attached hydrogens (tertiary/aromatic N) is 1. The van der Waals surface area contributed by atoms with Crippen LogP contribution in [-0.4, -0.2) is 4.98 Å². The monoisotopic (exact) mass is 219 g/mol. The highest BCUT2D eigenvalue weighted by atomic mass is 14.6. The van der Waals surface area contributed by atoms with E-state index in [-0.39, 0.29) is 5.41 Å². The molecule has 1 aromatic rings. The van der Waals surface area contributed by atoms with Crippen molar-refractivity contribution in [3.63, 3.8) is 0 Å². The van der Waals surface area contributed by atoms with Crippen LogP contribution in [0.3, 0.4) is 0 Å². The van der Waals surface area contributed by atoms with Crippen LogP contribution in [0.4, 0.5) is 0 Å². The molecular weight excluding hydrogens is 194 g/mol. The summed E-state index contributed by atoms with van der Waals surface area (Å²) in [6.07, 6.45) is 6.23. The lowest BCUT2D eigenvalue weighted by Gasteiger charge is -2.32. The molecule has 0 aliphatic carbocycles. The zero-order valence-corrected chi connectivity index (χ0v) is 11.6. The molecule has 0 atom stereocenters. The van der Waals surface area contributed by atoms with Crippen LogP contribution in [0.2, 0.25) is 0 Å². The largest absolute Gasteiger partial charge is 0.264 e. The molecule has 0 aliphatic heterocycles. The molecular formula is C15H25N. The minimum atomic E-state index is 0.205. The lowest BCUT2D eigenvalue weighted by atomic mass is 9.72. The molecule has 16 heavy (non-hydrogen) atoms. The van der Waals surface area contributed by atoms with E-state index in [1.807, 2.05) is 12.4 Å². The molecule has 1 aromatic heterocycles. The van der Waals surface area contributed by atoms with Gasteiger partial charge in [-0.3, -0.25) is 4.98 Å². The van der Waals surface area contributed by atoms with Gasteiger partial charge in [-0.15, -0.1) is 0 Å². The van der Waals surface area contributed by atoms with Gasteiger partial charge in [-0.2, -0.15) is 0 Å². The molecule has 0 spiro atoms.